The number of carboxylic acids is 1. The molecule has 0 aromatic carbocycles. The fraction of sp³-hybridized carbons (Fsp3) is 0.636. The number of aromatic amines is 1. The van der Waals surface area contributed by atoms with E-state index >= 15 is 0 Å². The number of rotatable bonds is 4. The van der Waals surface area contributed by atoms with Crippen LogP contribution < -0.4 is 0 Å². The van der Waals surface area contributed by atoms with Crippen LogP contribution in [0.25, 0.3) is 0 Å². The Bertz CT molecular complexity index is 367. The second-order valence-corrected chi connectivity index (χ2v) is 4.23. The molecule has 1 fully saturated rings. The fourth-order valence-corrected chi connectivity index (χ4v) is 2.04. The first-order valence-electron chi connectivity index (χ1n) is 5.44. The summed E-state index contributed by atoms with van der Waals surface area (Å²) in [5.74, 6) is -0.172. The predicted molar refractivity (Wildman–Crippen MR) is 55.9 cm³/mol. The molecule has 0 saturated heterocycles. The molecule has 1 aliphatic rings. The molecule has 0 unspecified atom stereocenters. The number of nitrogens with one attached hydrogen (secondary N) is 1. The second-order valence-electron chi connectivity index (χ2n) is 4.23. The van der Waals surface area contributed by atoms with Crippen molar-refractivity contribution in [2.75, 3.05) is 0 Å². The SMILES string of the molecule is Cc1[nH]nc(C2CCC2)c1CCC(=O)O. The minimum atomic E-state index is -0.741. The first-order valence-corrected chi connectivity index (χ1v) is 5.44. The third kappa shape index (κ3) is 2.03. The number of carbonyl (C=O) groups is 1. The first kappa shape index (κ1) is 10.2. The van der Waals surface area contributed by atoms with Crippen molar-refractivity contribution in [2.24, 2.45) is 0 Å². The van der Waals surface area contributed by atoms with Crippen molar-refractivity contribution >= 4 is 5.97 Å². The van der Waals surface area contributed by atoms with Gasteiger partial charge in [0.2, 0.25) is 0 Å². The molecule has 82 valence electrons. The molecule has 1 aromatic rings. The molecule has 15 heavy (non-hydrogen) atoms. The third-order valence-corrected chi connectivity index (χ3v) is 3.19. The summed E-state index contributed by atoms with van der Waals surface area (Å²) in [6.07, 6.45) is 4.47. The largest absolute Gasteiger partial charge is 0.481 e. The van der Waals surface area contributed by atoms with E-state index < -0.39 is 5.97 Å². The Morgan fingerprint density at radius 2 is 2.33 bits per heavy atom. The van der Waals surface area contributed by atoms with Gasteiger partial charge in [-0.1, -0.05) is 6.42 Å². The van der Waals surface area contributed by atoms with E-state index in [1.807, 2.05) is 6.92 Å². The number of aliphatic carboxylic acids is 1. The Morgan fingerprint density at radius 3 is 2.87 bits per heavy atom. The number of nitrogens with zero attached hydrogens (tertiary/aromatic N) is 1. The molecule has 2 rings (SSSR count). The lowest BCUT2D eigenvalue weighted by molar-refractivity contribution is -0.136. The molecule has 0 spiro atoms. The molecule has 4 heteroatoms. The normalized spacial score (nSPS) is 16.3. The monoisotopic (exact) mass is 208 g/mol. The molecule has 0 radical (unpaired) electrons. The summed E-state index contributed by atoms with van der Waals surface area (Å²) in [6.45, 7) is 1.96. The van der Waals surface area contributed by atoms with Gasteiger partial charge in [-0.25, -0.2) is 0 Å². The predicted octanol–water partition coefficient (Wildman–Crippen LogP) is 2.00. The van der Waals surface area contributed by atoms with E-state index in [9.17, 15) is 4.79 Å². The molecule has 0 aliphatic heterocycles. The van der Waals surface area contributed by atoms with Gasteiger partial charge in [0, 0.05) is 18.0 Å². The van der Waals surface area contributed by atoms with Gasteiger partial charge in [-0.2, -0.15) is 5.10 Å². The fourth-order valence-electron chi connectivity index (χ4n) is 2.04. The second kappa shape index (κ2) is 4.04. The van der Waals surface area contributed by atoms with Crippen LogP contribution >= 0.6 is 0 Å². The Morgan fingerprint density at radius 1 is 1.60 bits per heavy atom. The minimum absolute atomic E-state index is 0.195. The number of hydrogen-bond donors (Lipinski definition) is 2. The van der Waals surface area contributed by atoms with Gasteiger partial charge in [-0.05, 0) is 31.7 Å². The Labute approximate surface area is 88.7 Å². The number of hydrogen-bond acceptors (Lipinski definition) is 2. The summed E-state index contributed by atoms with van der Waals surface area (Å²) < 4.78 is 0. The van der Waals surface area contributed by atoms with Crippen molar-refractivity contribution in [3.05, 3.63) is 17.0 Å². The van der Waals surface area contributed by atoms with Crippen molar-refractivity contribution in [3.63, 3.8) is 0 Å². The first-order chi connectivity index (χ1) is 7.18. The molecule has 2 N–H and O–H groups in total. The molecular formula is C11H16N2O2. The van der Waals surface area contributed by atoms with Gasteiger partial charge in [-0.3, -0.25) is 9.89 Å². The van der Waals surface area contributed by atoms with Gasteiger partial charge in [0.1, 0.15) is 0 Å². The lowest BCUT2D eigenvalue weighted by Gasteiger charge is -2.24. The number of aromatic nitrogens is 2. The summed E-state index contributed by atoms with van der Waals surface area (Å²) in [5, 5.41) is 15.9. The highest BCUT2D eigenvalue weighted by molar-refractivity contribution is 5.67. The molecular weight excluding hydrogens is 192 g/mol. The summed E-state index contributed by atoms with van der Waals surface area (Å²) in [4.78, 5) is 10.5. The topological polar surface area (TPSA) is 66.0 Å². The van der Waals surface area contributed by atoms with Crippen molar-refractivity contribution in [2.45, 2.75) is 44.9 Å². The van der Waals surface area contributed by atoms with E-state index in [-0.39, 0.29) is 6.42 Å². The minimum Gasteiger partial charge on any atom is -0.481 e. The van der Waals surface area contributed by atoms with E-state index in [4.69, 9.17) is 5.11 Å². The van der Waals surface area contributed by atoms with E-state index in [0.29, 0.717) is 12.3 Å². The zero-order valence-corrected chi connectivity index (χ0v) is 8.92. The molecule has 1 saturated carbocycles. The highest BCUT2D eigenvalue weighted by atomic mass is 16.4. The molecule has 0 bridgehead atoms. The average Bonchev–Trinajstić information content (AvgIpc) is 2.42. The highest BCUT2D eigenvalue weighted by Gasteiger charge is 2.25. The maximum absolute atomic E-state index is 10.5. The van der Waals surface area contributed by atoms with Gasteiger partial charge in [0.25, 0.3) is 0 Å². The summed E-state index contributed by atoms with van der Waals surface area (Å²) >= 11 is 0. The Balaban J connectivity index is 2.12. The van der Waals surface area contributed by atoms with Crippen molar-refractivity contribution in [3.8, 4) is 0 Å². The van der Waals surface area contributed by atoms with E-state index in [1.165, 1.54) is 19.3 Å². The standard InChI is InChI=1S/C11H16N2O2/c1-7-9(5-6-10(14)15)11(13-12-7)8-3-2-4-8/h8H,2-6H2,1H3,(H,12,13)(H,14,15). The maximum atomic E-state index is 10.5. The average molecular weight is 208 g/mol. The molecule has 1 aliphatic carbocycles. The smallest absolute Gasteiger partial charge is 0.303 e. The van der Waals surface area contributed by atoms with Crippen LogP contribution in [0, 0.1) is 6.92 Å². The van der Waals surface area contributed by atoms with Crippen LogP contribution in [-0.2, 0) is 11.2 Å². The number of carboxylic acid groups (broad SMARTS) is 1. The van der Waals surface area contributed by atoms with Crippen LogP contribution in [0.3, 0.4) is 0 Å². The van der Waals surface area contributed by atoms with Gasteiger partial charge >= 0.3 is 5.97 Å². The number of aryl methyl sites for hydroxylation is 1. The van der Waals surface area contributed by atoms with Crippen molar-refractivity contribution in [1.82, 2.24) is 10.2 Å². The van der Waals surface area contributed by atoms with E-state index in [1.54, 1.807) is 0 Å². The van der Waals surface area contributed by atoms with Gasteiger partial charge < -0.3 is 5.11 Å². The summed E-state index contributed by atoms with van der Waals surface area (Å²) in [5.41, 5.74) is 3.26. The molecule has 0 amide bonds. The van der Waals surface area contributed by atoms with Crippen LogP contribution in [-0.4, -0.2) is 21.3 Å². The molecule has 1 heterocycles. The van der Waals surface area contributed by atoms with Gasteiger partial charge in [0.15, 0.2) is 0 Å². The zero-order valence-electron chi connectivity index (χ0n) is 8.92. The van der Waals surface area contributed by atoms with E-state index in [0.717, 1.165) is 17.0 Å². The van der Waals surface area contributed by atoms with Crippen molar-refractivity contribution < 1.29 is 9.90 Å². The van der Waals surface area contributed by atoms with Crippen molar-refractivity contribution in [1.29, 1.82) is 0 Å². The van der Waals surface area contributed by atoms with Crippen LogP contribution in [0.4, 0.5) is 0 Å². The number of H-pyrrole nitrogens is 1. The lowest BCUT2D eigenvalue weighted by atomic mass is 9.81. The van der Waals surface area contributed by atoms with Gasteiger partial charge in [0.05, 0.1) is 5.69 Å². The Hall–Kier alpha value is -1.32. The zero-order chi connectivity index (χ0) is 10.8. The quantitative estimate of drug-likeness (QED) is 0.795. The van der Waals surface area contributed by atoms with Crippen LogP contribution in [0.15, 0.2) is 0 Å². The summed E-state index contributed by atoms with van der Waals surface area (Å²) in [6, 6.07) is 0. The van der Waals surface area contributed by atoms with Crippen LogP contribution in [0.1, 0.15) is 48.6 Å². The lowest BCUT2D eigenvalue weighted by Crippen LogP contribution is -2.12. The van der Waals surface area contributed by atoms with Crippen LogP contribution in [0.5, 0.6) is 0 Å². The third-order valence-electron chi connectivity index (χ3n) is 3.19. The van der Waals surface area contributed by atoms with Crippen LogP contribution in [0.2, 0.25) is 0 Å². The summed E-state index contributed by atoms with van der Waals surface area (Å²) in [7, 11) is 0. The molecule has 4 nitrogen and oxygen atoms in total. The molecule has 1 aromatic heterocycles. The molecule has 0 atom stereocenters. The Kier molecular flexibility index (Phi) is 2.75. The van der Waals surface area contributed by atoms with Gasteiger partial charge in [-0.15, -0.1) is 0 Å². The van der Waals surface area contributed by atoms with E-state index in [2.05, 4.69) is 10.2 Å². The highest BCUT2D eigenvalue weighted by Crippen LogP contribution is 2.37. The maximum Gasteiger partial charge on any atom is 0.303 e.